The molecule has 1 aromatic carbocycles. The van der Waals surface area contributed by atoms with Crippen molar-refractivity contribution in [1.29, 1.82) is 0 Å². The smallest absolute Gasteiger partial charge is 0.410 e. The van der Waals surface area contributed by atoms with E-state index in [1.54, 1.807) is 11.0 Å². The Labute approximate surface area is 202 Å². The molecule has 2 saturated heterocycles. The van der Waals surface area contributed by atoms with Crippen molar-refractivity contribution < 1.29 is 22.7 Å². The van der Waals surface area contributed by atoms with E-state index in [2.05, 4.69) is 15.4 Å². The SMILES string of the molecule is CS(=O)(=O)c1cc(Cl)cc(COC(=O)N2CC3CN(C(=O)C4CCc5n[nH]nc5C4)CC3C2)c1. The molecule has 2 aliphatic heterocycles. The van der Waals surface area contributed by atoms with Gasteiger partial charge in [-0.2, -0.15) is 15.4 Å². The van der Waals surface area contributed by atoms with Crippen molar-refractivity contribution in [3.63, 3.8) is 0 Å². The second kappa shape index (κ2) is 8.84. The normalized spacial score (nSPS) is 24.1. The van der Waals surface area contributed by atoms with Crippen LogP contribution in [0.4, 0.5) is 4.79 Å². The molecule has 1 aromatic heterocycles. The van der Waals surface area contributed by atoms with Crippen molar-refractivity contribution in [3.05, 3.63) is 40.2 Å². The summed E-state index contributed by atoms with van der Waals surface area (Å²) >= 11 is 6.02. The predicted molar refractivity (Wildman–Crippen MR) is 122 cm³/mol. The molecule has 3 atom stereocenters. The van der Waals surface area contributed by atoms with Crippen LogP contribution in [-0.4, -0.2) is 78.1 Å². The number of halogens is 1. The molecule has 0 radical (unpaired) electrons. The largest absolute Gasteiger partial charge is 0.445 e. The number of H-pyrrole nitrogens is 1. The van der Waals surface area contributed by atoms with Crippen LogP contribution >= 0.6 is 11.6 Å². The summed E-state index contributed by atoms with van der Waals surface area (Å²) in [7, 11) is -3.42. The van der Waals surface area contributed by atoms with Crippen LogP contribution < -0.4 is 0 Å². The third-order valence-corrected chi connectivity index (χ3v) is 8.31. The van der Waals surface area contributed by atoms with Crippen molar-refractivity contribution in [3.8, 4) is 0 Å². The summed E-state index contributed by atoms with van der Waals surface area (Å²) < 4.78 is 29.0. The van der Waals surface area contributed by atoms with E-state index in [0.29, 0.717) is 38.2 Å². The van der Waals surface area contributed by atoms with Crippen molar-refractivity contribution in [2.75, 3.05) is 32.4 Å². The van der Waals surface area contributed by atoms with Gasteiger partial charge in [0.1, 0.15) is 6.61 Å². The summed E-state index contributed by atoms with van der Waals surface area (Å²) in [5.74, 6) is 0.559. The van der Waals surface area contributed by atoms with Gasteiger partial charge in [-0.15, -0.1) is 0 Å². The number of carbonyl (C=O) groups is 2. The number of amides is 2. The lowest BCUT2D eigenvalue weighted by atomic mass is 9.89. The molecule has 1 aliphatic carbocycles. The molecule has 2 fully saturated rings. The summed E-state index contributed by atoms with van der Waals surface area (Å²) in [4.78, 5) is 29.4. The first-order valence-corrected chi connectivity index (χ1v) is 13.5. The number of aryl methyl sites for hydroxylation is 1. The Bertz CT molecular complexity index is 1220. The predicted octanol–water partition coefficient (Wildman–Crippen LogP) is 1.69. The van der Waals surface area contributed by atoms with Gasteiger partial charge in [-0.25, -0.2) is 13.2 Å². The Kier molecular flexibility index (Phi) is 6.01. The monoisotopic (exact) mass is 507 g/mol. The minimum Gasteiger partial charge on any atom is -0.445 e. The van der Waals surface area contributed by atoms with E-state index in [0.717, 1.165) is 30.5 Å². The van der Waals surface area contributed by atoms with E-state index in [4.69, 9.17) is 16.3 Å². The number of aromatic nitrogens is 3. The molecule has 5 rings (SSSR count). The molecule has 3 aliphatic rings. The number of nitrogens with one attached hydrogen (secondary N) is 1. The second-order valence-electron chi connectivity index (χ2n) is 9.45. The number of aromatic amines is 1. The number of hydrogen-bond donors (Lipinski definition) is 1. The van der Waals surface area contributed by atoms with E-state index < -0.39 is 15.9 Å². The molecule has 0 saturated carbocycles. The van der Waals surface area contributed by atoms with Crippen LogP contribution in [0.3, 0.4) is 0 Å². The highest BCUT2D eigenvalue weighted by molar-refractivity contribution is 7.90. The average molecular weight is 508 g/mol. The number of nitrogens with zero attached hydrogens (tertiary/aromatic N) is 4. The minimum atomic E-state index is -3.42. The highest BCUT2D eigenvalue weighted by atomic mass is 35.5. The van der Waals surface area contributed by atoms with Crippen LogP contribution in [0.25, 0.3) is 0 Å². The molecule has 1 N–H and O–H groups in total. The van der Waals surface area contributed by atoms with Gasteiger partial charge in [0.25, 0.3) is 0 Å². The number of hydrogen-bond acceptors (Lipinski definition) is 7. The molecule has 182 valence electrons. The second-order valence-corrected chi connectivity index (χ2v) is 11.9. The lowest BCUT2D eigenvalue weighted by Gasteiger charge is -2.27. The summed E-state index contributed by atoms with van der Waals surface area (Å²) in [5.41, 5.74) is 2.36. The van der Waals surface area contributed by atoms with E-state index in [9.17, 15) is 18.0 Å². The van der Waals surface area contributed by atoms with Crippen LogP contribution in [-0.2, 0) is 38.8 Å². The number of benzene rings is 1. The van der Waals surface area contributed by atoms with Gasteiger partial charge in [-0.3, -0.25) is 4.79 Å². The molecule has 3 unspecified atom stereocenters. The first kappa shape index (κ1) is 23.1. The number of fused-ring (bicyclic) bond motifs is 2. The van der Waals surface area contributed by atoms with Crippen LogP contribution in [0, 0.1) is 17.8 Å². The number of sulfone groups is 1. The lowest BCUT2D eigenvalue weighted by molar-refractivity contribution is -0.135. The highest BCUT2D eigenvalue weighted by Crippen LogP contribution is 2.34. The Balaban J connectivity index is 1.13. The Morgan fingerprint density at radius 1 is 1.09 bits per heavy atom. The van der Waals surface area contributed by atoms with Gasteiger partial charge < -0.3 is 14.5 Å². The molecule has 34 heavy (non-hydrogen) atoms. The number of carbonyl (C=O) groups excluding carboxylic acids is 2. The summed E-state index contributed by atoms with van der Waals surface area (Å²) in [6, 6.07) is 4.41. The van der Waals surface area contributed by atoms with Gasteiger partial charge in [0, 0.05) is 61.6 Å². The first-order valence-electron chi connectivity index (χ1n) is 11.3. The standard InChI is InChI=1S/C22H26ClN5O5S/c1-34(31,32)18-5-13(4-17(23)7-18)12-33-22(30)28-10-15-8-27(9-16(15)11-28)21(29)14-2-3-19-20(6-14)25-26-24-19/h4-5,7,14-16H,2-3,6,8-12H2,1H3,(H,24,25,26). The average Bonchev–Trinajstić information content (AvgIpc) is 3.50. The molecular formula is C22H26ClN5O5S. The van der Waals surface area contributed by atoms with Gasteiger partial charge in [-0.05, 0) is 36.6 Å². The maximum absolute atomic E-state index is 13.1. The third-order valence-electron chi connectivity index (χ3n) is 7.00. The summed E-state index contributed by atoms with van der Waals surface area (Å²) in [6.07, 6.45) is 2.83. The van der Waals surface area contributed by atoms with Crippen molar-refractivity contribution in [2.45, 2.75) is 30.8 Å². The van der Waals surface area contributed by atoms with Crippen molar-refractivity contribution >= 4 is 33.4 Å². The van der Waals surface area contributed by atoms with E-state index in [-0.39, 0.29) is 40.2 Å². The first-order chi connectivity index (χ1) is 16.2. The van der Waals surface area contributed by atoms with Gasteiger partial charge in [-0.1, -0.05) is 11.6 Å². The molecule has 2 aromatic rings. The number of likely N-dealkylation sites (tertiary alicyclic amines) is 2. The fraction of sp³-hybridized carbons (Fsp3) is 0.545. The maximum atomic E-state index is 13.1. The Morgan fingerprint density at radius 2 is 1.76 bits per heavy atom. The van der Waals surface area contributed by atoms with Gasteiger partial charge in [0.05, 0.1) is 16.3 Å². The minimum absolute atomic E-state index is 0.0629. The summed E-state index contributed by atoms with van der Waals surface area (Å²) in [5, 5.41) is 11.2. The zero-order valence-electron chi connectivity index (χ0n) is 18.7. The van der Waals surface area contributed by atoms with Crippen LogP contribution in [0.15, 0.2) is 23.1 Å². The van der Waals surface area contributed by atoms with Gasteiger partial charge in [0.2, 0.25) is 5.91 Å². The molecule has 2 amide bonds. The zero-order valence-corrected chi connectivity index (χ0v) is 20.3. The van der Waals surface area contributed by atoms with Gasteiger partial charge >= 0.3 is 6.09 Å². The number of ether oxygens (including phenoxy) is 1. The molecule has 10 nitrogen and oxygen atoms in total. The van der Waals surface area contributed by atoms with E-state index >= 15 is 0 Å². The molecule has 3 heterocycles. The van der Waals surface area contributed by atoms with Gasteiger partial charge in [0.15, 0.2) is 9.84 Å². The van der Waals surface area contributed by atoms with E-state index in [1.807, 2.05) is 4.90 Å². The van der Waals surface area contributed by atoms with Crippen LogP contribution in [0.2, 0.25) is 5.02 Å². The molecule has 0 spiro atoms. The quantitative estimate of drug-likeness (QED) is 0.667. The zero-order chi connectivity index (χ0) is 24.0. The molecular weight excluding hydrogens is 482 g/mol. The molecule has 12 heteroatoms. The maximum Gasteiger partial charge on any atom is 0.410 e. The topological polar surface area (TPSA) is 126 Å². The third kappa shape index (κ3) is 4.63. The van der Waals surface area contributed by atoms with Crippen molar-refractivity contribution in [2.24, 2.45) is 17.8 Å². The Hall–Kier alpha value is -2.66. The summed E-state index contributed by atoms with van der Waals surface area (Å²) in [6.45, 7) is 2.29. The lowest BCUT2D eigenvalue weighted by Crippen LogP contribution is -2.40. The highest BCUT2D eigenvalue weighted by Gasteiger charge is 2.45. The fourth-order valence-corrected chi connectivity index (χ4v) is 6.26. The van der Waals surface area contributed by atoms with Crippen molar-refractivity contribution in [1.82, 2.24) is 25.2 Å². The van der Waals surface area contributed by atoms with E-state index in [1.165, 1.54) is 12.1 Å². The van der Waals surface area contributed by atoms with Crippen LogP contribution in [0.5, 0.6) is 0 Å². The van der Waals surface area contributed by atoms with Crippen LogP contribution in [0.1, 0.15) is 23.4 Å². The number of rotatable bonds is 4. The fourth-order valence-electron chi connectivity index (χ4n) is 5.23. The Morgan fingerprint density at radius 3 is 2.47 bits per heavy atom. The molecule has 0 bridgehead atoms.